The number of hydrogen-bond acceptors (Lipinski definition) is 3. The molecule has 1 atom stereocenters. The second-order valence-electron chi connectivity index (χ2n) is 3.39. The molecule has 6 heteroatoms. The summed E-state index contributed by atoms with van der Waals surface area (Å²) in [5.74, 6) is -0.459. The van der Waals surface area contributed by atoms with E-state index >= 15 is 0 Å². The van der Waals surface area contributed by atoms with Gasteiger partial charge in [0.15, 0.2) is 0 Å². The van der Waals surface area contributed by atoms with Gasteiger partial charge in [-0.1, -0.05) is 6.08 Å². The highest BCUT2D eigenvalue weighted by molar-refractivity contribution is 7.93. The standard InChI is InChI=1S/C8H10N2O3S/c9-14(12,13)6-2-1-5-4-10-8(11)7(5)3-6/h1-2,7H,3-4H2,(H,10,11)(H2,9,12,13). The Morgan fingerprint density at radius 3 is 2.79 bits per heavy atom. The SMILES string of the molecule is NS(=O)(=O)C1=CC=C2CNC(=O)C2C1. The summed E-state index contributed by atoms with van der Waals surface area (Å²) in [6, 6.07) is 0. The van der Waals surface area contributed by atoms with Gasteiger partial charge in [-0.2, -0.15) is 0 Å². The van der Waals surface area contributed by atoms with Gasteiger partial charge in [0.05, 0.1) is 10.8 Å². The Kier molecular flexibility index (Phi) is 1.97. The molecule has 0 saturated carbocycles. The summed E-state index contributed by atoms with van der Waals surface area (Å²) in [7, 11) is -3.65. The van der Waals surface area contributed by atoms with Crippen molar-refractivity contribution in [1.29, 1.82) is 0 Å². The van der Waals surface area contributed by atoms with Crippen molar-refractivity contribution in [3.8, 4) is 0 Å². The number of nitrogens with one attached hydrogen (secondary N) is 1. The Balaban J connectivity index is 2.35. The molecule has 1 heterocycles. The van der Waals surface area contributed by atoms with Crippen molar-refractivity contribution >= 4 is 15.9 Å². The minimum atomic E-state index is -3.65. The van der Waals surface area contributed by atoms with Crippen molar-refractivity contribution < 1.29 is 13.2 Å². The first-order valence-electron chi connectivity index (χ1n) is 4.18. The van der Waals surface area contributed by atoms with E-state index in [0.717, 1.165) is 5.57 Å². The fourth-order valence-corrected chi connectivity index (χ4v) is 2.34. The molecule has 1 aliphatic carbocycles. The van der Waals surface area contributed by atoms with Gasteiger partial charge in [-0.05, 0) is 11.6 Å². The molecule has 2 rings (SSSR count). The maximum absolute atomic E-state index is 11.3. The minimum Gasteiger partial charge on any atom is -0.352 e. The number of fused-ring (bicyclic) bond motifs is 1. The van der Waals surface area contributed by atoms with Crippen LogP contribution in [0.2, 0.25) is 0 Å². The second kappa shape index (κ2) is 2.93. The van der Waals surface area contributed by atoms with Crippen LogP contribution in [0.15, 0.2) is 22.6 Å². The van der Waals surface area contributed by atoms with Gasteiger partial charge in [-0.15, -0.1) is 0 Å². The Labute approximate surface area is 81.7 Å². The predicted octanol–water partition coefficient (Wildman–Crippen LogP) is -0.765. The smallest absolute Gasteiger partial charge is 0.234 e. The van der Waals surface area contributed by atoms with Crippen molar-refractivity contribution in [1.82, 2.24) is 5.32 Å². The molecule has 1 unspecified atom stereocenters. The summed E-state index contributed by atoms with van der Waals surface area (Å²) in [5, 5.41) is 7.64. The third-order valence-corrected chi connectivity index (χ3v) is 3.52. The molecule has 1 fully saturated rings. The summed E-state index contributed by atoms with van der Waals surface area (Å²) in [6.07, 6.45) is 3.32. The predicted molar refractivity (Wildman–Crippen MR) is 50.4 cm³/mol. The number of allylic oxidation sites excluding steroid dienone is 3. The zero-order valence-electron chi connectivity index (χ0n) is 7.36. The molecule has 0 aromatic heterocycles. The highest BCUT2D eigenvalue weighted by Crippen LogP contribution is 2.30. The summed E-state index contributed by atoms with van der Waals surface area (Å²) in [4.78, 5) is 11.4. The van der Waals surface area contributed by atoms with Crippen LogP contribution >= 0.6 is 0 Å². The van der Waals surface area contributed by atoms with Crippen LogP contribution in [0.1, 0.15) is 6.42 Å². The molecule has 1 saturated heterocycles. The summed E-state index contributed by atoms with van der Waals surface area (Å²) >= 11 is 0. The molecule has 0 radical (unpaired) electrons. The van der Waals surface area contributed by atoms with Crippen molar-refractivity contribution in [3.05, 3.63) is 22.6 Å². The normalized spacial score (nSPS) is 26.4. The van der Waals surface area contributed by atoms with Crippen molar-refractivity contribution in [2.75, 3.05) is 6.54 Å². The largest absolute Gasteiger partial charge is 0.352 e. The number of sulfonamides is 1. The molecule has 0 bridgehead atoms. The van der Waals surface area contributed by atoms with Crippen LogP contribution < -0.4 is 10.5 Å². The van der Waals surface area contributed by atoms with E-state index < -0.39 is 10.0 Å². The molecule has 3 N–H and O–H groups in total. The first-order valence-corrected chi connectivity index (χ1v) is 5.73. The topological polar surface area (TPSA) is 89.3 Å². The number of carbonyl (C=O) groups is 1. The number of amides is 1. The first-order chi connectivity index (χ1) is 6.48. The van der Waals surface area contributed by atoms with E-state index in [-0.39, 0.29) is 23.2 Å². The number of nitrogens with two attached hydrogens (primary N) is 1. The monoisotopic (exact) mass is 214 g/mol. The quantitative estimate of drug-likeness (QED) is 0.601. The van der Waals surface area contributed by atoms with E-state index in [1.54, 1.807) is 6.08 Å². The lowest BCUT2D eigenvalue weighted by Crippen LogP contribution is -2.23. The first kappa shape index (κ1) is 9.42. The Bertz CT molecular complexity index is 447. The van der Waals surface area contributed by atoms with Crippen molar-refractivity contribution in [2.45, 2.75) is 6.42 Å². The summed E-state index contributed by atoms with van der Waals surface area (Å²) in [5.41, 5.74) is 0.933. The fourth-order valence-electron chi connectivity index (χ4n) is 1.68. The Morgan fingerprint density at radius 2 is 2.14 bits per heavy atom. The zero-order chi connectivity index (χ0) is 10.3. The molecule has 76 valence electrons. The van der Waals surface area contributed by atoms with E-state index in [1.807, 2.05) is 0 Å². The lowest BCUT2D eigenvalue weighted by atomic mass is 9.94. The molecule has 5 nitrogen and oxygen atoms in total. The van der Waals surface area contributed by atoms with E-state index in [4.69, 9.17) is 5.14 Å². The molecule has 0 aromatic carbocycles. The maximum atomic E-state index is 11.3. The van der Waals surface area contributed by atoms with Gasteiger partial charge in [-0.25, -0.2) is 13.6 Å². The zero-order valence-corrected chi connectivity index (χ0v) is 8.17. The van der Waals surface area contributed by atoms with Gasteiger partial charge in [0.1, 0.15) is 0 Å². The molecule has 1 amide bonds. The summed E-state index contributed by atoms with van der Waals surface area (Å²) in [6.45, 7) is 0.512. The molecule has 14 heavy (non-hydrogen) atoms. The van der Waals surface area contributed by atoms with Crippen molar-refractivity contribution in [2.24, 2.45) is 11.1 Å². The lowest BCUT2D eigenvalue weighted by Gasteiger charge is -2.14. The third kappa shape index (κ3) is 1.46. The van der Waals surface area contributed by atoms with Gasteiger partial charge in [0.2, 0.25) is 15.9 Å². The van der Waals surface area contributed by atoms with Crippen LogP contribution in [0.4, 0.5) is 0 Å². The van der Waals surface area contributed by atoms with Crippen LogP contribution in [0.5, 0.6) is 0 Å². The van der Waals surface area contributed by atoms with E-state index in [2.05, 4.69) is 5.32 Å². The van der Waals surface area contributed by atoms with Gasteiger partial charge in [0.25, 0.3) is 0 Å². The highest BCUT2D eigenvalue weighted by atomic mass is 32.2. The molecule has 0 aromatic rings. The van der Waals surface area contributed by atoms with E-state index in [9.17, 15) is 13.2 Å². The highest BCUT2D eigenvalue weighted by Gasteiger charge is 2.33. The number of carbonyl (C=O) groups excluding carboxylic acids is 1. The van der Waals surface area contributed by atoms with Crippen molar-refractivity contribution in [3.63, 3.8) is 0 Å². The van der Waals surface area contributed by atoms with Gasteiger partial charge in [-0.3, -0.25) is 4.79 Å². The van der Waals surface area contributed by atoms with Crippen LogP contribution in [0, 0.1) is 5.92 Å². The van der Waals surface area contributed by atoms with Crippen LogP contribution in [0.25, 0.3) is 0 Å². The molecular formula is C8H10N2O3S. The average Bonchev–Trinajstić information content (AvgIpc) is 2.46. The van der Waals surface area contributed by atoms with E-state index in [0.29, 0.717) is 6.54 Å². The Hall–Kier alpha value is -1.14. The fraction of sp³-hybridized carbons (Fsp3) is 0.375. The molecule has 2 aliphatic rings. The minimum absolute atomic E-state index is 0.120. The molecule has 1 aliphatic heterocycles. The third-order valence-electron chi connectivity index (χ3n) is 2.48. The van der Waals surface area contributed by atoms with Gasteiger partial charge in [0, 0.05) is 13.0 Å². The molecular weight excluding hydrogens is 204 g/mol. The lowest BCUT2D eigenvalue weighted by molar-refractivity contribution is -0.121. The molecule has 0 spiro atoms. The van der Waals surface area contributed by atoms with Crippen LogP contribution in [-0.2, 0) is 14.8 Å². The second-order valence-corrected chi connectivity index (χ2v) is 5.01. The van der Waals surface area contributed by atoms with Crippen LogP contribution in [0.3, 0.4) is 0 Å². The maximum Gasteiger partial charge on any atom is 0.234 e. The van der Waals surface area contributed by atoms with Gasteiger partial charge >= 0.3 is 0 Å². The number of hydrogen-bond donors (Lipinski definition) is 2. The Morgan fingerprint density at radius 1 is 1.43 bits per heavy atom. The number of rotatable bonds is 1. The van der Waals surface area contributed by atoms with Gasteiger partial charge < -0.3 is 5.32 Å². The van der Waals surface area contributed by atoms with Crippen LogP contribution in [-0.4, -0.2) is 20.9 Å². The average molecular weight is 214 g/mol. The van der Waals surface area contributed by atoms with E-state index in [1.165, 1.54) is 6.08 Å². The summed E-state index contributed by atoms with van der Waals surface area (Å²) < 4.78 is 22.1. The number of primary sulfonamides is 1.